The lowest BCUT2D eigenvalue weighted by molar-refractivity contribution is 0.0701. The first-order chi connectivity index (χ1) is 10.5. The Balaban J connectivity index is 1.82. The van der Waals surface area contributed by atoms with E-state index in [0.29, 0.717) is 42.3 Å². The summed E-state index contributed by atoms with van der Waals surface area (Å²) in [6.45, 7) is 5.17. The fourth-order valence-corrected chi connectivity index (χ4v) is 2.77. The van der Waals surface area contributed by atoms with Crippen LogP contribution in [0.2, 0.25) is 0 Å². The van der Waals surface area contributed by atoms with Crippen LogP contribution in [0.3, 0.4) is 0 Å². The lowest BCUT2D eigenvalue weighted by atomic mass is 10.2. The number of hydrogen-bond acceptors (Lipinski definition) is 4. The second-order valence-electron chi connectivity index (χ2n) is 5.41. The molecule has 0 fully saturated rings. The summed E-state index contributed by atoms with van der Waals surface area (Å²) in [7, 11) is 0. The van der Waals surface area contributed by atoms with Crippen molar-refractivity contribution in [2.75, 3.05) is 6.54 Å². The van der Waals surface area contributed by atoms with Crippen LogP contribution in [0, 0.1) is 13.8 Å². The lowest BCUT2D eigenvalue weighted by Crippen LogP contribution is -2.38. The van der Waals surface area contributed by atoms with Gasteiger partial charge in [0.15, 0.2) is 0 Å². The minimum Gasteiger partial charge on any atom is -0.466 e. The maximum Gasteiger partial charge on any atom is 0.276 e. The van der Waals surface area contributed by atoms with E-state index in [1.54, 1.807) is 35.6 Å². The van der Waals surface area contributed by atoms with Gasteiger partial charge in [-0.05, 0) is 26.0 Å². The summed E-state index contributed by atoms with van der Waals surface area (Å²) in [5.41, 5.74) is 3.42. The van der Waals surface area contributed by atoms with E-state index in [2.05, 4.69) is 0 Å². The van der Waals surface area contributed by atoms with Crippen LogP contribution < -0.4 is 5.48 Å². The number of aryl methyl sites for hydroxylation is 2. The Bertz CT molecular complexity index is 744. The van der Waals surface area contributed by atoms with Gasteiger partial charge in [0.25, 0.3) is 11.8 Å². The van der Waals surface area contributed by atoms with E-state index in [1.807, 2.05) is 11.5 Å². The number of hydrogen-bond donors (Lipinski definition) is 2. The van der Waals surface area contributed by atoms with Crippen LogP contribution in [0.25, 0.3) is 0 Å². The van der Waals surface area contributed by atoms with E-state index >= 15 is 0 Å². The molecule has 3 heterocycles. The van der Waals surface area contributed by atoms with Crippen molar-refractivity contribution in [3.63, 3.8) is 0 Å². The summed E-state index contributed by atoms with van der Waals surface area (Å²) in [5, 5.41) is 8.69. The fourth-order valence-electron chi connectivity index (χ4n) is 2.77. The number of hydroxylamine groups is 1. The van der Waals surface area contributed by atoms with Crippen LogP contribution in [-0.2, 0) is 13.1 Å². The van der Waals surface area contributed by atoms with E-state index in [1.165, 1.54) is 0 Å². The molecule has 0 aliphatic carbocycles. The molecular weight excluding hydrogens is 286 g/mol. The normalized spacial score (nSPS) is 13.9. The second kappa shape index (κ2) is 5.34. The van der Waals surface area contributed by atoms with Gasteiger partial charge in [-0.1, -0.05) is 0 Å². The van der Waals surface area contributed by atoms with Gasteiger partial charge >= 0.3 is 0 Å². The number of carbonyl (C=O) groups is 2. The highest BCUT2D eigenvalue weighted by Crippen LogP contribution is 2.21. The molecule has 22 heavy (non-hydrogen) atoms. The number of rotatable bonds is 2. The Labute approximate surface area is 127 Å². The summed E-state index contributed by atoms with van der Waals surface area (Å²) >= 11 is 0. The molecule has 2 N–H and O–H groups in total. The molecule has 7 heteroatoms. The van der Waals surface area contributed by atoms with Crippen molar-refractivity contribution >= 4 is 11.8 Å². The molecule has 0 unspecified atom stereocenters. The topological polar surface area (TPSA) is 87.7 Å². The van der Waals surface area contributed by atoms with Crippen LogP contribution in [-0.4, -0.2) is 33.0 Å². The molecule has 7 nitrogen and oxygen atoms in total. The zero-order chi connectivity index (χ0) is 15.9. The lowest BCUT2D eigenvalue weighted by Gasteiger charge is -2.28. The third kappa shape index (κ3) is 2.39. The molecule has 0 radical (unpaired) electrons. The summed E-state index contributed by atoms with van der Waals surface area (Å²) in [6, 6.07) is 3.43. The van der Waals surface area contributed by atoms with Crippen LogP contribution in [0.1, 0.15) is 37.9 Å². The molecule has 116 valence electrons. The van der Waals surface area contributed by atoms with Gasteiger partial charge in [0, 0.05) is 25.0 Å². The number of nitrogens with one attached hydrogen (secondary N) is 1. The van der Waals surface area contributed by atoms with Gasteiger partial charge in [0.05, 0.1) is 17.7 Å². The maximum absolute atomic E-state index is 12.6. The van der Waals surface area contributed by atoms with Crippen LogP contribution in [0.5, 0.6) is 0 Å². The molecule has 0 aromatic carbocycles. The maximum atomic E-state index is 12.6. The van der Waals surface area contributed by atoms with Crippen molar-refractivity contribution in [1.29, 1.82) is 0 Å². The fraction of sp³-hybridized carbons (Fsp3) is 0.333. The first-order valence-corrected chi connectivity index (χ1v) is 6.99. The highest BCUT2D eigenvalue weighted by Gasteiger charge is 2.25. The Morgan fingerprint density at radius 1 is 1.27 bits per heavy atom. The highest BCUT2D eigenvalue weighted by atomic mass is 16.5. The number of carbonyl (C=O) groups excluding carboxylic acids is 2. The van der Waals surface area contributed by atoms with Crippen LogP contribution in [0.4, 0.5) is 0 Å². The predicted octanol–water partition coefficient (Wildman–Crippen LogP) is 1.47. The Kier molecular flexibility index (Phi) is 3.50. The van der Waals surface area contributed by atoms with Crippen molar-refractivity contribution in [3.05, 3.63) is 46.7 Å². The molecule has 1 aliphatic rings. The zero-order valence-corrected chi connectivity index (χ0v) is 12.4. The van der Waals surface area contributed by atoms with Gasteiger partial charge < -0.3 is 13.9 Å². The molecule has 2 aromatic heterocycles. The van der Waals surface area contributed by atoms with E-state index in [0.717, 1.165) is 5.69 Å². The summed E-state index contributed by atoms with van der Waals surface area (Å²) < 4.78 is 7.33. The number of fused-ring (bicyclic) bond motifs is 1. The third-order valence-corrected chi connectivity index (χ3v) is 3.87. The van der Waals surface area contributed by atoms with Crippen molar-refractivity contribution in [2.45, 2.75) is 26.9 Å². The first kappa shape index (κ1) is 14.4. The Morgan fingerprint density at radius 2 is 2.05 bits per heavy atom. The van der Waals surface area contributed by atoms with Gasteiger partial charge in [0.2, 0.25) is 0 Å². The number of amides is 2. The standard InChI is InChI=1S/C15H17N3O4/c1-9-5-13(10(2)22-9)15(20)18-4-3-17-7-11(14(19)16-21)6-12(17)8-18/h5-7,21H,3-4,8H2,1-2H3,(H,16,19). The van der Waals surface area contributed by atoms with Crippen LogP contribution in [0.15, 0.2) is 22.7 Å². The Hall–Kier alpha value is -2.54. The molecule has 1 aliphatic heterocycles. The number of nitrogens with zero attached hydrogens (tertiary/aromatic N) is 2. The largest absolute Gasteiger partial charge is 0.466 e. The van der Waals surface area contributed by atoms with Crippen molar-refractivity contribution in [3.8, 4) is 0 Å². The number of aromatic nitrogens is 1. The van der Waals surface area contributed by atoms with E-state index in [9.17, 15) is 9.59 Å². The van der Waals surface area contributed by atoms with Gasteiger partial charge in [-0.25, -0.2) is 5.48 Å². The average molecular weight is 303 g/mol. The molecule has 2 aromatic rings. The van der Waals surface area contributed by atoms with Crippen LogP contribution >= 0.6 is 0 Å². The SMILES string of the molecule is Cc1cc(C(=O)N2CCn3cc(C(=O)NO)cc3C2)c(C)o1. The predicted molar refractivity (Wildman–Crippen MR) is 76.6 cm³/mol. The van der Waals surface area contributed by atoms with Gasteiger partial charge in [0.1, 0.15) is 11.5 Å². The minimum absolute atomic E-state index is 0.0741. The van der Waals surface area contributed by atoms with Gasteiger partial charge in [-0.2, -0.15) is 0 Å². The molecule has 0 saturated carbocycles. The second-order valence-corrected chi connectivity index (χ2v) is 5.41. The summed E-state index contributed by atoms with van der Waals surface area (Å²) in [5.74, 6) is 0.697. The van der Waals surface area contributed by atoms with Gasteiger partial charge in [-0.3, -0.25) is 14.8 Å². The van der Waals surface area contributed by atoms with Crippen molar-refractivity contribution < 1.29 is 19.2 Å². The summed E-state index contributed by atoms with van der Waals surface area (Å²) in [4.78, 5) is 25.8. The Morgan fingerprint density at radius 3 is 2.68 bits per heavy atom. The highest BCUT2D eigenvalue weighted by molar-refractivity contribution is 5.95. The van der Waals surface area contributed by atoms with Crippen molar-refractivity contribution in [1.82, 2.24) is 14.9 Å². The molecule has 3 rings (SSSR count). The van der Waals surface area contributed by atoms with E-state index < -0.39 is 5.91 Å². The monoisotopic (exact) mass is 303 g/mol. The molecular formula is C15H17N3O4. The van der Waals surface area contributed by atoms with E-state index in [-0.39, 0.29) is 5.91 Å². The first-order valence-electron chi connectivity index (χ1n) is 6.99. The summed E-state index contributed by atoms with van der Waals surface area (Å²) in [6.07, 6.45) is 1.68. The smallest absolute Gasteiger partial charge is 0.276 e. The molecule has 0 spiro atoms. The molecule has 0 atom stereocenters. The minimum atomic E-state index is -0.555. The van der Waals surface area contributed by atoms with Gasteiger partial charge in [-0.15, -0.1) is 0 Å². The molecule has 2 amide bonds. The quantitative estimate of drug-likeness (QED) is 0.649. The number of furan rings is 1. The van der Waals surface area contributed by atoms with E-state index in [4.69, 9.17) is 9.62 Å². The molecule has 0 bridgehead atoms. The van der Waals surface area contributed by atoms with Crippen molar-refractivity contribution in [2.24, 2.45) is 0 Å². The average Bonchev–Trinajstić information content (AvgIpc) is 3.07. The molecule has 0 saturated heterocycles. The zero-order valence-electron chi connectivity index (χ0n) is 12.4. The third-order valence-electron chi connectivity index (χ3n) is 3.87.